The van der Waals surface area contributed by atoms with Gasteiger partial charge in [-0.05, 0) is 25.0 Å². The largest absolute Gasteiger partial charge is 0.513 e. The molecule has 4 amide bonds. The van der Waals surface area contributed by atoms with Gasteiger partial charge in [0.25, 0.3) is 11.8 Å². The molecule has 26 heavy (non-hydrogen) atoms. The number of anilines is 1. The maximum Gasteiger partial charge on any atom is 0.264 e. The molecule has 0 aromatic heterocycles. The Hall–Kier alpha value is -3.16. The number of rotatable bonds is 6. The third-order valence-corrected chi connectivity index (χ3v) is 4.43. The van der Waals surface area contributed by atoms with Crippen molar-refractivity contribution in [2.45, 2.75) is 31.7 Å². The first-order valence-electron chi connectivity index (χ1n) is 8.35. The van der Waals surface area contributed by atoms with Crippen LogP contribution in [0.5, 0.6) is 0 Å². The van der Waals surface area contributed by atoms with Gasteiger partial charge in [-0.2, -0.15) is 0 Å². The van der Waals surface area contributed by atoms with Crippen LogP contribution in [0.4, 0.5) is 5.69 Å². The quantitative estimate of drug-likeness (QED) is 0.402. The first-order chi connectivity index (χ1) is 12.4. The molecule has 0 bridgehead atoms. The van der Waals surface area contributed by atoms with Crippen molar-refractivity contribution in [3.63, 3.8) is 0 Å². The number of nitrogens with zero attached hydrogens (tertiary/aromatic N) is 1. The Balaban J connectivity index is 1.81. The van der Waals surface area contributed by atoms with Gasteiger partial charge in [0.15, 0.2) is 0 Å². The van der Waals surface area contributed by atoms with Gasteiger partial charge in [0.1, 0.15) is 6.04 Å². The number of piperidine rings is 1. The average molecular weight is 357 g/mol. The third kappa shape index (κ3) is 3.17. The number of allylic oxidation sites excluding steroid dienone is 1. The van der Waals surface area contributed by atoms with E-state index in [1.165, 1.54) is 0 Å². The van der Waals surface area contributed by atoms with E-state index >= 15 is 0 Å². The van der Waals surface area contributed by atoms with Crippen LogP contribution in [0.3, 0.4) is 0 Å². The Bertz CT molecular complexity index is 817. The molecule has 1 atom stereocenters. The van der Waals surface area contributed by atoms with Gasteiger partial charge in [-0.1, -0.05) is 12.6 Å². The summed E-state index contributed by atoms with van der Waals surface area (Å²) in [4.78, 5) is 49.8. The van der Waals surface area contributed by atoms with Crippen LogP contribution in [0.15, 0.2) is 30.5 Å². The van der Waals surface area contributed by atoms with Crippen molar-refractivity contribution >= 4 is 29.3 Å². The predicted molar refractivity (Wildman–Crippen MR) is 92.6 cm³/mol. The summed E-state index contributed by atoms with van der Waals surface area (Å²) in [6.07, 6.45) is 1.24. The molecule has 2 aliphatic rings. The number of amides is 4. The van der Waals surface area contributed by atoms with Gasteiger partial charge < -0.3 is 10.4 Å². The summed E-state index contributed by atoms with van der Waals surface area (Å²) < 4.78 is 0. The maximum atomic E-state index is 12.8. The van der Waals surface area contributed by atoms with Crippen LogP contribution in [0.25, 0.3) is 0 Å². The lowest BCUT2D eigenvalue weighted by atomic mass is 10.0. The van der Waals surface area contributed by atoms with Gasteiger partial charge in [0.05, 0.1) is 16.9 Å². The summed E-state index contributed by atoms with van der Waals surface area (Å²) in [5, 5.41) is 14.4. The van der Waals surface area contributed by atoms with Gasteiger partial charge in [0, 0.05) is 25.1 Å². The molecule has 0 saturated carbocycles. The monoisotopic (exact) mass is 357 g/mol. The van der Waals surface area contributed by atoms with Crippen LogP contribution >= 0.6 is 0 Å². The third-order valence-electron chi connectivity index (χ3n) is 4.43. The van der Waals surface area contributed by atoms with E-state index in [1.807, 2.05) is 0 Å². The first-order valence-corrected chi connectivity index (χ1v) is 8.35. The lowest BCUT2D eigenvalue weighted by Gasteiger charge is -2.27. The Morgan fingerprint density at radius 2 is 2.04 bits per heavy atom. The highest BCUT2D eigenvalue weighted by Crippen LogP contribution is 2.32. The first kappa shape index (κ1) is 17.7. The van der Waals surface area contributed by atoms with Crippen LogP contribution in [0.2, 0.25) is 0 Å². The number of nitrogens with one attached hydrogen (secondary N) is 2. The van der Waals surface area contributed by atoms with E-state index in [1.54, 1.807) is 18.2 Å². The zero-order valence-corrected chi connectivity index (χ0v) is 14.1. The van der Waals surface area contributed by atoms with Crippen LogP contribution in [0.1, 0.15) is 46.4 Å². The van der Waals surface area contributed by atoms with E-state index in [4.69, 9.17) is 5.11 Å². The van der Waals surface area contributed by atoms with Gasteiger partial charge in [0.2, 0.25) is 11.8 Å². The van der Waals surface area contributed by atoms with Crippen LogP contribution in [-0.2, 0) is 9.59 Å². The molecule has 8 nitrogen and oxygen atoms in total. The molecule has 8 heteroatoms. The summed E-state index contributed by atoms with van der Waals surface area (Å²) in [6.45, 7) is 3.90. The Kier molecular flexibility index (Phi) is 4.75. The predicted octanol–water partition coefficient (Wildman–Crippen LogP) is 1.35. The van der Waals surface area contributed by atoms with Crippen molar-refractivity contribution in [3.05, 3.63) is 41.7 Å². The molecule has 1 aromatic carbocycles. The van der Waals surface area contributed by atoms with Crippen molar-refractivity contribution in [2.24, 2.45) is 0 Å². The molecule has 3 rings (SSSR count). The number of carbonyl (C=O) groups is 4. The second-order valence-electron chi connectivity index (χ2n) is 6.27. The molecule has 1 fully saturated rings. The van der Waals surface area contributed by atoms with Gasteiger partial charge in [-0.25, -0.2) is 0 Å². The maximum absolute atomic E-state index is 12.8. The van der Waals surface area contributed by atoms with Crippen molar-refractivity contribution in [2.75, 3.05) is 11.9 Å². The number of hydrogen-bond acceptors (Lipinski definition) is 6. The van der Waals surface area contributed by atoms with E-state index in [2.05, 4.69) is 17.2 Å². The summed E-state index contributed by atoms with van der Waals surface area (Å²) in [7, 11) is 0. The second-order valence-corrected chi connectivity index (χ2v) is 6.27. The summed E-state index contributed by atoms with van der Waals surface area (Å²) in [5.74, 6) is -2.04. The van der Waals surface area contributed by atoms with E-state index in [-0.39, 0.29) is 29.7 Å². The van der Waals surface area contributed by atoms with Crippen molar-refractivity contribution < 1.29 is 24.3 Å². The molecular weight excluding hydrogens is 338 g/mol. The zero-order valence-electron chi connectivity index (χ0n) is 14.1. The topological polar surface area (TPSA) is 116 Å². The fourth-order valence-electron chi connectivity index (χ4n) is 3.18. The number of benzene rings is 1. The van der Waals surface area contributed by atoms with E-state index in [9.17, 15) is 19.2 Å². The molecule has 1 unspecified atom stereocenters. The van der Waals surface area contributed by atoms with Crippen molar-refractivity contribution in [1.29, 1.82) is 0 Å². The second kappa shape index (κ2) is 6.99. The standard InChI is InChI=1S/C18H19N3O5/c1-10(22)4-3-9-19-12-6-2-5-11-15(12)18(26)21(17(11)25)13-7-8-14(23)20-16(13)24/h2,5-6,13,19,22H,1,3-4,7-9H2,(H,20,23,24). The zero-order chi connectivity index (χ0) is 18.8. The molecule has 3 N–H and O–H groups in total. The summed E-state index contributed by atoms with van der Waals surface area (Å²) in [5.41, 5.74) is 0.959. The molecule has 0 radical (unpaired) electrons. The molecule has 0 aliphatic carbocycles. The van der Waals surface area contributed by atoms with Crippen molar-refractivity contribution in [3.8, 4) is 0 Å². The van der Waals surface area contributed by atoms with Gasteiger partial charge >= 0.3 is 0 Å². The van der Waals surface area contributed by atoms with Crippen LogP contribution < -0.4 is 10.6 Å². The van der Waals surface area contributed by atoms with Gasteiger partial charge in [-0.15, -0.1) is 0 Å². The number of carbonyl (C=O) groups excluding carboxylic acids is 4. The average Bonchev–Trinajstić information content (AvgIpc) is 2.84. The van der Waals surface area contributed by atoms with E-state index in [0.29, 0.717) is 25.1 Å². The Labute approximate surface area is 149 Å². The minimum absolute atomic E-state index is 0.0833. The van der Waals surface area contributed by atoms with Crippen molar-refractivity contribution in [1.82, 2.24) is 10.2 Å². The SMILES string of the molecule is C=C(O)CCCNc1cccc2c1C(=O)N(C1CCC(=O)NC1=O)C2=O. The summed E-state index contributed by atoms with van der Waals surface area (Å²) >= 11 is 0. The highest BCUT2D eigenvalue weighted by molar-refractivity contribution is 6.25. The highest BCUT2D eigenvalue weighted by Gasteiger charge is 2.45. The molecule has 136 valence electrons. The number of hydrogen-bond donors (Lipinski definition) is 3. The lowest BCUT2D eigenvalue weighted by Crippen LogP contribution is -2.54. The molecule has 1 saturated heterocycles. The highest BCUT2D eigenvalue weighted by atomic mass is 16.3. The molecule has 2 heterocycles. The molecule has 1 aromatic rings. The number of fused-ring (bicyclic) bond motifs is 1. The van der Waals surface area contributed by atoms with Crippen LogP contribution in [0, 0.1) is 0 Å². The number of imide groups is 2. The minimum Gasteiger partial charge on any atom is -0.513 e. The van der Waals surface area contributed by atoms with E-state index < -0.39 is 29.7 Å². The Morgan fingerprint density at radius 1 is 1.27 bits per heavy atom. The summed E-state index contributed by atoms with van der Waals surface area (Å²) in [6, 6.07) is 3.91. The molecule has 2 aliphatic heterocycles. The normalized spacial score (nSPS) is 19.4. The number of aliphatic hydroxyl groups excluding tert-OH is 1. The fourth-order valence-corrected chi connectivity index (χ4v) is 3.18. The molecular formula is C18H19N3O5. The smallest absolute Gasteiger partial charge is 0.264 e. The van der Waals surface area contributed by atoms with E-state index in [0.717, 1.165) is 4.90 Å². The van der Waals surface area contributed by atoms with Crippen LogP contribution in [-0.4, -0.2) is 46.2 Å². The fraction of sp³-hybridized carbons (Fsp3) is 0.333. The lowest BCUT2D eigenvalue weighted by molar-refractivity contribution is -0.136. The Morgan fingerprint density at radius 3 is 2.73 bits per heavy atom. The minimum atomic E-state index is -0.981. The van der Waals surface area contributed by atoms with Gasteiger partial charge in [-0.3, -0.25) is 29.4 Å². The molecule has 0 spiro atoms. The number of aliphatic hydroxyl groups is 1.